The van der Waals surface area contributed by atoms with Gasteiger partial charge in [0.1, 0.15) is 0 Å². The maximum absolute atomic E-state index is 12.5. The summed E-state index contributed by atoms with van der Waals surface area (Å²) in [6, 6.07) is 10.1. The van der Waals surface area contributed by atoms with E-state index < -0.39 is 30.1 Å². The Labute approximate surface area is 195 Å². The van der Waals surface area contributed by atoms with Crippen LogP contribution in [0.2, 0.25) is 14.8 Å². The zero-order valence-electron chi connectivity index (χ0n) is 20.2. The van der Waals surface area contributed by atoms with Gasteiger partial charge in [0.05, 0.1) is 0 Å². The second-order valence-electron chi connectivity index (χ2n) is 10.3. The number of aromatic nitrogens is 2. The number of amides is 1. The molecule has 0 radical (unpaired) electrons. The van der Waals surface area contributed by atoms with Crippen LogP contribution in [-0.2, 0) is 11.2 Å². The van der Waals surface area contributed by atoms with E-state index in [4.69, 9.17) is 9.47 Å². The summed E-state index contributed by atoms with van der Waals surface area (Å²) in [4.78, 5) is 27.4. The monoisotopic (exact) mass is 545 g/mol. The molecule has 0 aliphatic carbocycles. The molecule has 1 amide bonds. The Morgan fingerprint density at radius 3 is 2.59 bits per heavy atom. The van der Waals surface area contributed by atoms with Gasteiger partial charge in [0.15, 0.2) is 0 Å². The molecule has 0 bridgehead atoms. The molecule has 6 nitrogen and oxygen atoms in total. The second kappa shape index (κ2) is 9.73. The van der Waals surface area contributed by atoms with E-state index in [0.717, 1.165) is 22.3 Å². The van der Waals surface area contributed by atoms with Gasteiger partial charge in [-0.1, -0.05) is 0 Å². The van der Waals surface area contributed by atoms with E-state index in [9.17, 15) is 4.79 Å². The number of hydrogen-bond donors (Lipinski definition) is 2. The number of H-pyrrole nitrogens is 1. The van der Waals surface area contributed by atoms with Crippen LogP contribution in [0.3, 0.4) is 0 Å². The van der Waals surface area contributed by atoms with Crippen LogP contribution in [0.25, 0.3) is 10.9 Å². The van der Waals surface area contributed by atoms with E-state index in [1.165, 1.54) is 9.14 Å². The molecule has 0 aliphatic rings. The SMILES string of the molecule is Cc1[nH]c2ccccc2c1CC(COc1cnc[c]([Sn]([CH3])([CH3])[CH3])c1)NC(=O)OC(C)(C)C. The zero-order chi connectivity index (χ0) is 23.5. The van der Waals surface area contributed by atoms with Crippen molar-refractivity contribution >= 4 is 39.0 Å². The molecule has 0 saturated carbocycles. The molecule has 0 aliphatic heterocycles. The van der Waals surface area contributed by atoms with Crippen molar-refractivity contribution in [1.82, 2.24) is 15.3 Å². The number of carbonyl (C=O) groups excluding carboxylic acids is 1. The van der Waals surface area contributed by atoms with Crippen molar-refractivity contribution in [2.75, 3.05) is 6.61 Å². The summed E-state index contributed by atoms with van der Waals surface area (Å²) in [5.41, 5.74) is 2.78. The Morgan fingerprint density at radius 1 is 1.19 bits per heavy atom. The molecule has 7 heteroatoms. The van der Waals surface area contributed by atoms with Gasteiger partial charge in [0, 0.05) is 0 Å². The number of nitrogens with one attached hydrogen (secondary N) is 2. The molecule has 2 N–H and O–H groups in total. The van der Waals surface area contributed by atoms with Gasteiger partial charge in [-0.3, -0.25) is 0 Å². The number of carbonyl (C=O) groups is 1. The minimum absolute atomic E-state index is 0.260. The van der Waals surface area contributed by atoms with E-state index >= 15 is 0 Å². The van der Waals surface area contributed by atoms with E-state index in [1.54, 1.807) is 6.20 Å². The van der Waals surface area contributed by atoms with Crippen molar-refractivity contribution in [3.05, 3.63) is 54.0 Å². The first-order valence-corrected chi connectivity index (χ1v) is 21.1. The fourth-order valence-corrected chi connectivity index (χ4v) is 6.53. The van der Waals surface area contributed by atoms with Crippen molar-refractivity contribution < 1.29 is 14.3 Å². The first kappa shape index (κ1) is 24.4. The van der Waals surface area contributed by atoms with Crippen LogP contribution in [-0.4, -0.2) is 52.7 Å². The Balaban J connectivity index is 1.81. The number of alkyl carbamates (subject to hydrolysis) is 1. The zero-order valence-corrected chi connectivity index (χ0v) is 23.1. The molecule has 1 unspecified atom stereocenters. The predicted octanol–water partition coefficient (Wildman–Crippen LogP) is 4.93. The third-order valence-electron chi connectivity index (χ3n) is 5.23. The van der Waals surface area contributed by atoms with Crippen LogP contribution in [0.15, 0.2) is 42.7 Å². The summed E-state index contributed by atoms with van der Waals surface area (Å²) in [6.45, 7) is 7.96. The van der Waals surface area contributed by atoms with E-state index in [0.29, 0.717) is 13.0 Å². The number of ether oxygens (including phenoxy) is 2. The molecule has 1 aromatic carbocycles. The number of rotatable bonds is 7. The summed E-state index contributed by atoms with van der Waals surface area (Å²) in [5.74, 6) is 0.737. The molecule has 2 aromatic heterocycles. The van der Waals surface area contributed by atoms with Crippen LogP contribution in [0, 0.1) is 6.92 Å². The number of aromatic amines is 1. The van der Waals surface area contributed by atoms with Crippen LogP contribution in [0.1, 0.15) is 32.0 Å². The number of aryl methyl sites for hydroxylation is 1. The molecule has 2 heterocycles. The Bertz CT molecular complexity index is 1080. The van der Waals surface area contributed by atoms with Gasteiger partial charge in [-0.05, 0) is 0 Å². The van der Waals surface area contributed by atoms with E-state index in [1.807, 2.05) is 39.1 Å². The average Bonchev–Trinajstić information content (AvgIpc) is 2.99. The first-order valence-electron chi connectivity index (χ1n) is 11.1. The van der Waals surface area contributed by atoms with Crippen LogP contribution < -0.4 is 13.6 Å². The number of hydrogen-bond acceptors (Lipinski definition) is 4. The molecule has 1 atom stereocenters. The van der Waals surface area contributed by atoms with Gasteiger partial charge in [-0.2, -0.15) is 0 Å². The second-order valence-corrected chi connectivity index (χ2v) is 24.8. The predicted molar refractivity (Wildman–Crippen MR) is 133 cm³/mol. The Morgan fingerprint density at radius 2 is 1.91 bits per heavy atom. The summed E-state index contributed by atoms with van der Waals surface area (Å²) in [5, 5.41) is 4.17. The molecular formula is C25H35N3O3Sn. The standard InChI is InChI=1S/C22H26N3O3.3CH3.Sn/c1-15-19(18-9-5-6-10-20(18)24-15)12-16(25-21(26)28-22(2,3)4)14-27-17-8-7-11-23-13-17;;;;/h5-6,8-11,13,16,24H,12,14H2,1-4H3,(H,25,26);3*1H3;. The summed E-state index contributed by atoms with van der Waals surface area (Å²) < 4.78 is 12.9. The van der Waals surface area contributed by atoms with E-state index in [-0.39, 0.29) is 6.04 Å². The van der Waals surface area contributed by atoms with Crippen molar-refractivity contribution in [1.29, 1.82) is 0 Å². The number of benzene rings is 1. The third-order valence-corrected chi connectivity index (χ3v) is 11.0. The molecule has 3 rings (SSSR count). The van der Waals surface area contributed by atoms with Gasteiger partial charge in [0.25, 0.3) is 0 Å². The molecule has 0 saturated heterocycles. The van der Waals surface area contributed by atoms with Crippen molar-refractivity contribution in [3.63, 3.8) is 0 Å². The molecule has 3 aromatic rings. The van der Waals surface area contributed by atoms with Crippen molar-refractivity contribution in [3.8, 4) is 5.75 Å². The number of para-hydroxylation sites is 1. The third kappa shape index (κ3) is 6.64. The summed E-state index contributed by atoms with van der Waals surface area (Å²) >= 11 is -2.25. The van der Waals surface area contributed by atoms with Gasteiger partial charge in [-0.25, -0.2) is 0 Å². The van der Waals surface area contributed by atoms with Gasteiger partial charge >= 0.3 is 195 Å². The quantitative estimate of drug-likeness (QED) is 0.414. The number of nitrogens with zero attached hydrogens (tertiary/aromatic N) is 1. The number of fused-ring (bicyclic) bond motifs is 1. The van der Waals surface area contributed by atoms with Crippen LogP contribution in [0.5, 0.6) is 5.75 Å². The molecule has 0 fully saturated rings. The van der Waals surface area contributed by atoms with Gasteiger partial charge in [0.2, 0.25) is 0 Å². The summed E-state index contributed by atoms with van der Waals surface area (Å²) in [6.07, 6.45) is 3.87. The molecule has 32 heavy (non-hydrogen) atoms. The molecule has 0 spiro atoms. The summed E-state index contributed by atoms with van der Waals surface area (Å²) in [7, 11) is 0. The van der Waals surface area contributed by atoms with Gasteiger partial charge < -0.3 is 0 Å². The Kier molecular flexibility index (Phi) is 7.42. The molecule has 172 valence electrons. The minimum atomic E-state index is -2.25. The Hall–Kier alpha value is -2.22. The van der Waals surface area contributed by atoms with Crippen LogP contribution >= 0.6 is 0 Å². The fourth-order valence-electron chi connectivity index (χ4n) is 3.57. The van der Waals surface area contributed by atoms with Crippen molar-refractivity contribution in [2.45, 2.75) is 60.6 Å². The van der Waals surface area contributed by atoms with Crippen LogP contribution in [0.4, 0.5) is 4.79 Å². The van der Waals surface area contributed by atoms with Crippen molar-refractivity contribution in [2.24, 2.45) is 0 Å². The average molecular weight is 544 g/mol. The normalized spacial score (nSPS) is 13.1. The van der Waals surface area contributed by atoms with Gasteiger partial charge in [-0.15, -0.1) is 0 Å². The number of pyridine rings is 1. The van der Waals surface area contributed by atoms with E-state index in [2.05, 4.69) is 55.2 Å². The fraction of sp³-hybridized carbons (Fsp3) is 0.440. The maximum atomic E-state index is 12.5. The first-order chi connectivity index (χ1) is 14.9. The molecular weight excluding hydrogens is 509 g/mol. The topological polar surface area (TPSA) is 76.2 Å².